The fourth-order valence-electron chi connectivity index (χ4n) is 3.25. The molecular formula is C23H22N2O4S. The number of anilines is 2. The minimum absolute atomic E-state index is 0.107. The number of carbonyl (C=O) groups is 2. The molecule has 3 aromatic rings. The van der Waals surface area contributed by atoms with Gasteiger partial charge in [-0.25, -0.2) is 0 Å². The second kappa shape index (κ2) is 9.00. The molecule has 0 bridgehead atoms. The van der Waals surface area contributed by atoms with E-state index in [9.17, 15) is 9.59 Å². The molecule has 6 nitrogen and oxygen atoms in total. The Balaban J connectivity index is 1.45. The van der Waals surface area contributed by atoms with Crippen LogP contribution in [-0.2, 0) is 4.79 Å². The highest BCUT2D eigenvalue weighted by Gasteiger charge is 2.31. The second-order valence-corrected chi connectivity index (χ2v) is 7.83. The molecular weight excluding hydrogens is 400 g/mol. The van der Waals surface area contributed by atoms with Gasteiger partial charge >= 0.3 is 0 Å². The van der Waals surface area contributed by atoms with Crippen LogP contribution in [0.3, 0.4) is 0 Å². The molecule has 4 rings (SSSR count). The van der Waals surface area contributed by atoms with Gasteiger partial charge < -0.3 is 19.7 Å². The lowest BCUT2D eigenvalue weighted by Crippen LogP contribution is -2.45. The first-order valence-electron chi connectivity index (χ1n) is 9.76. The Morgan fingerprint density at radius 1 is 1.17 bits per heavy atom. The summed E-state index contributed by atoms with van der Waals surface area (Å²) in [6, 6.07) is 18.5. The van der Waals surface area contributed by atoms with Crippen molar-refractivity contribution in [2.75, 3.05) is 23.4 Å². The predicted octanol–water partition coefficient (Wildman–Crippen LogP) is 4.58. The molecule has 154 valence electrons. The maximum Gasteiger partial charge on any atom is 0.267 e. The zero-order valence-corrected chi connectivity index (χ0v) is 17.4. The number of benzene rings is 2. The van der Waals surface area contributed by atoms with Crippen LogP contribution < -0.4 is 19.7 Å². The predicted molar refractivity (Wildman–Crippen MR) is 118 cm³/mol. The van der Waals surface area contributed by atoms with Crippen LogP contribution in [0, 0.1) is 0 Å². The minimum Gasteiger partial charge on any atom is -0.494 e. The normalized spacial score (nSPS) is 15.3. The van der Waals surface area contributed by atoms with Crippen LogP contribution in [0.4, 0.5) is 11.4 Å². The third-order valence-corrected chi connectivity index (χ3v) is 5.58. The van der Waals surface area contributed by atoms with Crippen molar-refractivity contribution in [1.82, 2.24) is 0 Å². The van der Waals surface area contributed by atoms with Gasteiger partial charge in [0.2, 0.25) is 0 Å². The Labute approximate surface area is 179 Å². The van der Waals surface area contributed by atoms with Crippen LogP contribution in [0.2, 0.25) is 0 Å². The number of ether oxygens (including phenoxy) is 2. The summed E-state index contributed by atoms with van der Waals surface area (Å²) in [4.78, 5) is 27.4. The van der Waals surface area contributed by atoms with E-state index in [0.717, 1.165) is 5.75 Å². The number of carbonyl (C=O) groups excluding carboxylic acids is 2. The highest BCUT2D eigenvalue weighted by molar-refractivity contribution is 7.12. The van der Waals surface area contributed by atoms with Gasteiger partial charge in [0.05, 0.1) is 17.2 Å². The van der Waals surface area contributed by atoms with E-state index >= 15 is 0 Å². The molecule has 0 spiro atoms. The first kappa shape index (κ1) is 20.0. The molecule has 0 saturated carbocycles. The number of thiophene rings is 1. The molecule has 1 N–H and O–H groups in total. The van der Waals surface area contributed by atoms with Crippen LogP contribution in [0.1, 0.15) is 23.0 Å². The molecule has 0 aliphatic carbocycles. The van der Waals surface area contributed by atoms with Crippen LogP contribution in [0.25, 0.3) is 0 Å². The largest absolute Gasteiger partial charge is 0.494 e. The molecule has 0 fully saturated rings. The number of hydrogen-bond acceptors (Lipinski definition) is 5. The Morgan fingerprint density at radius 2 is 2.00 bits per heavy atom. The van der Waals surface area contributed by atoms with Crippen molar-refractivity contribution in [3.05, 3.63) is 70.9 Å². The number of amides is 2. The van der Waals surface area contributed by atoms with Crippen molar-refractivity contribution in [3.8, 4) is 11.5 Å². The summed E-state index contributed by atoms with van der Waals surface area (Å²) in [5, 5.41) is 4.74. The van der Waals surface area contributed by atoms with Gasteiger partial charge in [-0.3, -0.25) is 9.59 Å². The average molecular weight is 423 g/mol. The highest BCUT2D eigenvalue weighted by Crippen LogP contribution is 2.36. The molecule has 1 unspecified atom stereocenters. The fraction of sp³-hybridized carbons (Fsp3) is 0.217. The van der Waals surface area contributed by atoms with Crippen LogP contribution >= 0.6 is 11.3 Å². The zero-order chi connectivity index (χ0) is 20.9. The highest BCUT2D eigenvalue weighted by atomic mass is 32.1. The van der Waals surface area contributed by atoms with E-state index < -0.39 is 6.10 Å². The van der Waals surface area contributed by atoms with E-state index in [-0.39, 0.29) is 11.8 Å². The lowest BCUT2D eigenvalue weighted by atomic mass is 10.1. The summed E-state index contributed by atoms with van der Waals surface area (Å²) in [6.07, 6.45) is 0.109. The monoisotopic (exact) mass is 422 g/mol. The zero-order valence-electron chi connectivity index (χ0n) is 16.5. The number of rotatable bonds is 7. The number of nitrogens with one attached hydrogen (secondary N) is 1. The molecule has 1 aliphatic heterocycles. The number of fused-ring (bicyclic) bond motifs is 1. The fourth-order valence-corrected chi connectivity index (χ4v) is 3.86. The van der Waals surface area contributed by atoms with Crippen molar-refractivity contribution in [3.63, 3.8) is 0 Å². The van der Waals surface area contributed by atoms with E-state index in [2.05, 4.69) is 5.32 Å². The van der Waals surface area contributed by atoms with Gasteiger partial charge in [-0.05, 0) is 55.1 Å². The number of nitrogens with zero attached hydrogens (tertiary/aromatic N) is 1. The van der Waals surface area contributed by atoms with Crippen molar-refractivity contribution < 1.29 is 19.1 Å². The Morgan fingerprint density at radius 3 is 2.77 bits per heavy atom. The number of hydrogen-bond donors (Lipinski definition) is 1. The summed E-state index contributed by atoms with van der Waals surface area (Å²) in [5.41, 5.74) is 1.27. The van der Waals surface area contributed by atoms with Gasteiger partial charge in [0.15, 0.2) is 6.10 Å². The van der Waals surface area contributed by atoms with Crippen LogP contribution in [0.5, 0.6) is 11.5 Å². The lowest BCUT2D eigenvalue weighted by Gasteiger charge is -2.33. The molecule has 0 saturated heterocycles. The van der Waals surface area contributed by atoms with Crippen LogP contribution in [-0.4, -0.2) is 31.1 Å². The minimum atomic E-state index is -0.556. The lowest BCUT2D eigenvalue weighted by molar-refractivity contribution is -0.125. The molecule has 30 heavy (non-hydrogen) atoms. The molecule has 2 amide bonds. The average Bonchev–Trinajstić information content (AvgIpc) is 3.30. The Bertz CT molecular complexity index is 1020. The summed E-state index contributed by atoms with van der Waals surface area (Å²) in [7, 11) is 0. The Kier molecular flexibility index (Phi) is 5.99. The van der Waals surface area contributed by atoms with E-state index in [4.69, 9.17) is 9.47 Å². The van der Waals surface area contributed by atoms with Crippen molar-refractivity contribution in [2.45, 2.75) is 19.4 Å². The van der Waals surface area contributed by atoms with Crippen molar-refractivity contribution in [2.24, 2.45) is 0 Å². The summed E-state index contributed by atoms with van der Waals surface area (Å²) < 4.78 is 11.5. The van der Waals surface area contributed by atoms with E-state index in [0.29, 0.717) is 41.6 Å². The van der Waals surface area contributed by atoms with Gasteiger partial charge in [0.25, 0.3) is 11.8 Å². The third kappa shape index (κ3) is 4.46. The van der Waals surface area contributed by atoms with Gasteiger partial charge in [0, 0.05) is 12.2 Å². The van der Waals surface area contributed by atoms with E-state index in [1.165, 1.54) is 11.3 Å². The van der Waals surface area contributed by atoms with Gasteiger partial charge in [-0.1, -0.05) is 24.3 Å². The topological polar surface area (TPSA) is 67.9 Å². The van der Waals surface area contributed by atoms with Gasteiger partial charge in [0.1, 0.15) is 11.5 Å². The third-order valence-electron chi connectivity index (χ3n) is 4.71. The molecule has 2 heterocycles. The summed E-state index contributed by atoms with van der Waals surface area (Å²) in [5.74, 6) is 1.14. The number of para-hydroxylation sites is 1. The maximum atomic E-state index is 12.7. The SMILES string of the molecule is CC1Oc2ccc(NC(=O)c3cccs3)cc2N(CCCOc2ccccc2)C1=O. The second-order valence-electron chi connectivity index (χ2n) is 6.88. The van der Waals surface area contributed by atoms with E-state index in [1.807, 2.05) is 41.8 Å². The summed E-state index contributed by atoms with van der Waals surface area (Å²) in [6.45, 7) is 2.73. The first-order valence-corrected chi connectivity index (χ1v) is 10.6. The van der Waals surface area contributed by atoms with Crippen molar-refractivity contribution >= 4 is 34.5 Å². The van der Waals surface area contributed by atoms with Crippen molar-refractivity contribution in [1.29, 1.82) is 0 Å². The molecule has 0 radical (unpaired) electrons. The van der Waals surface area contributed by atoms with Gasteiger partial charge in [-0.2, -0.15) is 0 Å². The van der Waals surface area contributed by atoms with Gasteiger partial charge in [-0.15, -0.1) is 11.3 Å². The summed E-state index contributed by atoms with van der Waals surface area (Å²) >= 11 is 1.38. The van der Waals surface area contributed by atoms with Crippen LogP contribution in [0.15, 0.2) is 66.0 Å². The molecule has 1 atom stereocenters. The standard InChI is InChI=1S/C23H22N2O4S/c1-16-23(27)25(12-6-13-28-18-7-3-2-4-8-18)19-15-17(10-11-20(19)29-16)24-22(26)21-9-5-14-30-21/h2-5,7-11,14-16H,6,12-13H2,1H3,(H,24,26). The smallest absolute Gasteiger partial charge is 0.267 e. The van der Waals surface area contributed by atoms with E-state index in [1.54, 1.807) is 36.1 Å². The maximum absolute atomic E-state index is 12.7. The first-order chi connectivity index (χ1) is 14.6. The molecule has 7 heteroatoms. The molecule has 1 aromatic heterocycles. The Hall–Kier alpha value is -3.32. The molecule has 1 aliphatic rings. The molecule has 2 aromatic carbocycles. The quantitative estimate of drug-likeness (QED) is 0.566.